The van der Waals surface area contributed by atoms with Gasteiger partial charge in [-0.05, 0) is 61.3 Å². The van der Waals surface area contributed by atoms with Gasteiger partial charge in [-0.1, -0.05) is 56.3 Å². The lowest BCUT2D eigenvalue weighted by molar-refractivity contribution is -0.0363. The first-order valence-electron chi connectivity index (χ1n) is 9.88. The molecule has 1 atom stereocenters. The molecule has 0 saturated heterocycles. The predicted octanol–water partition coefficient (Wildman–Crippen LogP) is 6.95. The maximum atomic E-state index is 14.4. The number of hydrogen-bond donors (Lipinski definition) is 0. The van der Waals surface area contributed by atoms with Gasteiger partial charge in [0, 0.05) is 12.2 Å². The first-order chi connectivity index (χ1) is 13.0. The van der Waals surface area contributed by atoms with E-state index in [1.54, 1.807) is 12.1 Å². The minimum absolute atomic E-state index is 0.0683. The molecule has 1 unspecified atom stereocenters. The molecule has 0 spiro atoms. The molecule has 144 valence electrons. The van der Waals surface area contributed by atoms with Crippen LogP contribution < -0.4 is 0 Å². The highest BCUT2D eigenvalue weighted by molar-refractivity contribution is 5.71. The molecule has 0 aliphatic heterocycles. The van der Waals surface area contributed by atoms with Gasteiger partial charge in [0.2, 0.25) is 0 Å². The van der Waals surface area contributed by atoms with E-state index in [1.807, 2.05) is 31.2 Å². The molecular weight excluding hydrogens is 342 g/mol. The Labute approximate surface area is 161 Å². The second-order valence-corrected chi connectivity index (χ2v) is 7.56. The van der Waals surface area contributed by atoms with E-state index in [9.17, 15) is 8.78 Å². The maximum absolute atomic E-state index is 14.4. The van der Waals surface area contributed by atoms with E-state index in [-0.39, 0.29) is 5.60 Å². The second kappa shape index (κ2) is 8.35. The monoisotopic (exact) mass is 370 g/mol. The SMILES string of the molecule is CCCOC1(C)CC=C(c2ccc(-c3ccc(CC)c(F)c3F)cc2)CC1. The molecule has 1 aliphatic carbocycles. The molecule has 3 rings (SSSR count). The Kier molecular flexibility index (Phi) is 6.11. The molecule has 2 aromatic rings. The molecule has 0 N–H and O–H groups in total. The summed E-state index contributed by atoms with van der Waals surface area (Å²) < 4.78 is 34.5. The number of aryl methyl sites for hydroxylation is 1. The lowest BCUT2D eigenvalue weighted by Crippen LogP contribution is -2.30. The summed E-state index contributed by atoms with van der Waals surface area (Å²) >= 11 is 0. The topological polar surface area (TPSA) is 9.23 Å². The molecule has 0 heterocycles. The van der Waals surface area contributed by atoms with Crippen LogP contribution in [0.1, 0.15) is 57.6 Å². The van der Waals surface area contributed by atoms with Crippen molar-refractivity contribution in [2.75, 3.05) is 6.61 Å². The Morgan fingerprint density at radius 1 is 0.963 bits per heavy atom. The smallest absolute Gasteiger partial charge is 0.166 e. The first-order valence-corrected chi connectivity index (χ1v) is 9.88. The third-order valence-electron chi connectivity index (χ3n) is 5.47. The van der Waals surface area contributed by atoms with Crippen molar-refractivity contribution in [1.29, 1.82) is 0 Å². The molecule has 0 bridgehead atoms. The normalized spacial score (nSPS) is 19.8. The number of halogens is 2. The van der Waals surface area contributed by atoms with Crippen molar-refractivity contribution in [2.24, 2.45) is 0 Å². The van der Waals surface area contributed by atoms with E-state index in [0.717, 1.165) is 37.9 Å². The Balaban J connectivity index is 1.78. The molecular formula is C24H28F2O. The second-order valence-electron chi connectivity index (χ2n) is 7.56. The van der Waals surface area contributed by atoms with Crippen molar-refractivity contribution in [2.45, 2.75) is 58.5 Å². The summed E-state index contributed by atoms with van der Waals surface area (Å²) in [5, 5.41) is 0. The van der Waals surface area contributed by atoms with Gasteiger partial charge in [0.05, 0.1) is 5.60 Å². The van der Waals surface area contributed by atoms with Gasteiger partial charge >= 0.3 is 0 Å². The van der Waals surface area contributed by atoms with Crippen LogP contribution in [0, 0.1) is 11.6 Å². The lowest BCUT2D eigenvalue weighted by atomic mass is 9.84. The molecule has 0 radical (unpaired) electrons. The van der Waals surface area contributed by atoms with Crippen molar-refractivity contribution in [1.82, 2.24) is 0 Å². The lowest BCUT2D eigenvalue weighted by Gasteiger charge is -2.33. The van der Waals surface area contributed by atoms with E-state index < -0.39 is 11.6 Å². The third kappa shape index (κ3) is 4.30. The standard InChI is InChI=1S/C24H28F2O/c1-4-16-27-24(3)14-12-19(13-15-24)18-6-8-20(9-7-18)21-11-10-17(5-2)22(25)23(21)26/h6-12H,4-5,13-16H2,1-3H3. The van der Waals surface area contributed by atoms with E-state index >= 15 is 0 Å². The summed E-state index contributed by atoms with van der Waals surface area (Å²) in [7, 11) is 0. The number of ether oxygens (including phenoxy) is 1. The summed E-state index contributed by atoms with van der Waals surface area (Å²) in [6.45, 7) is 6.92. The van der Waals surface area contributed by atoms with Crippen molar-refractivity contribution in [3.63, 3.8) is 0 Å². The Morgan fingerprint density at radius 2 is 1.67 bits per heavy atom. The molecule has 27 heavy (non-hydrogen) atoms. The highest BCUT2D eigenvalue weighted by Gasteiger charge is 2.27. The van der Waals surface area contributed by atoms with Crippen LogP contribution >= 0.6 is 0 Å². The van der Waals surface area contributed by atoms with Crippen LogP contribution in [0.4, 0.5) is 8.78 Å². The minimum atomic E-state index is -0.761. The van der Waals surface area contributed by atoms with Crippen LogP contribution in [0.15, 0.2) is 42.5 Å². The van der Waals surface area contributed by atoms with E-state index in [0.29, 0.717) is 23.1 Å². The van der Waals surface area contributed by atoms with Gasteiger partial charge in [0.1, 0.15) is 0 Å². The fraction of sp³-hybridized carbons (Fsp3) is 0.417. The van der Waals surface area contributed by atoms with Gasteiger partial charge in [-0.2, -0.15) is 0 Å². The van der Waals surface area contributed by atoms with Crippen molar-refractivity contribution < 1.29 is 13.5 Å². The fourth-order valence-corrected chi connectivity index (χ4v) is 3.63. The Bertz CT molecular complexity index is 823. The summed E-state index contributed by atoms with van der Waals surface area (Å²) in [6, 6.07) is 11.1. The molecule has 3 heteroatoms. The highest BCUT2D eigenvalue weighted by Crippen LogP contribution is 2.36. The molecule has 0 saturated carbocycles. The summed E-state index contributed by atoms with van der Waals surface area (Å²) in [5.41, 5.74) is 3.80. The molecule has 1 nitrogen and oxygen atoms in total. The average molecular weight is 370 g/mol. The van der Waals surface area contributed by atoms with E-state index in [4.69, 9.17) is 4.74 Å². The first kappa shape index (κ1) is 19.8. The molecule has 0 amide bonds. The molecule has 1 aliphatic rings. The van der Waals surface area contributed by atoms with E-state index in [2.05, 4.69) is 19.9 Å². The van der Waals surface area contributed by atoms with E-state index in [1.165, 1.54) is 5.57 Å². The maximum Gasteiger partial charge on any atom is 0.166 e. The summed E-state index contributed by atoms with van der Waals surface area (Å²) in [4.78, 5) is 0. The minimum Gasteiger partial charge on any atom is -0.375 e. The van der Waals surface area contributed by atoms with Crippen LogP contribution in [0.25, 0.3) is 16.7 Å². The number of benzene rings is 2. The van der Waals surface area contributed by atoms with Crippen molar-refractivity contribution in [3.8, 4) is 11.1 Å². The number of allylic oxidation sites excluding steroid dienone is 1. The largest absolute Gasteiger partial charge is 0.375 e. The van der Waals surface area contributed by atoms with Crippen LogP contribution in [-0.4, -0.2) is 12.2 Å². The molecule has 0 aromatic heterocycles. The van der Waals surface area contributed by atoms with Crippen LogP contribution in [-0.2, 0) is 11.2 Å². The van der Waals surface area contributed by atoms with Gasteiger partial charge in [0.25, 0.3) is 0 Å². The highest BCUT2D eigenvalue weighted by atomic mass is 19.2. The van der Waals surface area contributed by atoms with Crippen molar-refractivity contribution >= 4 is 5.57 Å². The van der Waals surface area contributed by atoms with Gasteiger partial charge in [-0.3, -0.25) is 0 Å². The Hall–Kier alpha value is -2.00. The van der Waals surface area contributed by atoms with Gasteiger partial charge < -0.3 is 4.74 Å². The molecule has 2 aromatic carbocycles. The van der Waals surface area contributed by atoms with Crippen LogP contribution in [0.2, 0.25) is 0 Å². The van der Waals surface area contributed by atoms with Gasteiger partial charge in [-0.15, -0.1) is 0 Å². The average Bonchev–Trinajstić information content (AvgIpc) is 2.69. The van der Waals surface area contributed by atoms with Gasteiger partial charge in [-0.25, -0.2) is 8.78 Å². The quantitative estimate of drug-likeness (QED) is 0.535. The zero-order valence-corrected chi connectivity index (χ0v) is 16.4. The summed E-state index contributed by atoms with van der Waals surface area (Å²) in [6.07, 6.45) is 6.64. The number of hydrogen-bond acceptors (Lipinski definition) is 1. The summed E-state index contributed by atoms with van der Waals surface area (Å²) in [5.74, 6) is -1.50. The van der Waals surface area contributed by atoms with Crippen LogP contribution in [0.5, 0.6) is 0 Å². The molecule has 0 fully saturated rings. The fourth-order valence-electron chi connectivity index (χ4n) is 3.63. The zero-order valence-electron chi connectivity index (χ0n) is 16.4. The van der Waals surface area contributed by atoms with Crippen molar-refractivity contribution in [3.05, 3.63) is 65.2 Å². The number of rotatable bonds is 6. The predicted molar refractivity (Wildman–Crippen MR) is 108 cm³/mol. The van der Waals surface area contributed by atoms with Crippen LogP contribution in [0.3, 0.4) is 0 Å². The zero-order chi connectivity index (χ0) is 19.4. The van der Waals surface area contributed by atoms with Gasteiger partial charge in [0.15, 0.2) is 11.6 Å². The Morgan fingerprint density at radius 3 is 2.26 bits per heavy atom. The third-order valence-corrected chi connectivity index (χ3v) is 5.47.